The van der Waals surface area contributed by atoms with Gasteiger partial charge in [-0.25, -0.2) is 0 Å². The first-order valence-electron chi connectivity index (χ1n) is 10.3. The van der Waals surface area contributed by atoms with Gasteiger partial charge in [0.15, 0.2) is 6.29 Å². The molecule has 30 heavy (non-hydrogen) atoms. The predicted molar refractivity (Wildman–Crippen MR) is 104 cm³/mol. The molecule has 0 radical (unpaired) electrons. The highest BCUT2D eigenvalue weighted by Gasteiger charge is 2.47. The molecule has 9 nitrogen and oxygen atoms in total. The van der Waals surface area contributed by atoms with Crippen molar-refractivity contribution in [2.75, 3.05) is 6.61 Å². The standard InChI is InChI=1S/C21H32O9/c1-9-4-5-13(29-21-19(26)18(25)17(24)15(8-22)30-21)10(2)7-14-16(12(23)6-9)11(3)20(27)28-14/h4,7,11-19,21-26H,5-6,8H2,1-3H3/b9-4+,10-7+/t11-,12-,13+,14+,15+,16+,17+,18-,19+,21-/m0/s1. The van der Waals surface area contributed by atoms with E-state index in [2.05, 4.69) is 0 Å². The molecule has 1 aliphatic carbocycles. The molecule has 2 fully saturated rings. The summed E-state index contributed by atoms with van der Waals surface area (Å²) in [5, 5.41) is 50.3. The summed E-state index contributed by atoms with van der Waals surface area (Å²) in [5.41, 5.74) is 1.63. The number of carbonyl (C=O) groups excluding carboxylic acids is 1. The summed E-state index contributed by atoms with van der Waals surface area (Å²) in [6, 6.07) is 0. The number of ether oxygens (including phenoxy) is 3. The van der Waals surface area contributed by atoms with Crippen molar-refractivity contribution in [2.45, 2.75) is 82.6 Å². The first kappa shape index (κ1) is 23.3. The molecule has 2 heterocycles. The van der Waals surface area contributed by atoms with E-state index in [-0.39, 0.29) is 11.9 Å². The molecule has 0 spiro atoms. The Balaban J connectivity index is 1.85. The lowest BCUT2D eigenvalue weighted by molar-refractivity contribution is -0.308. The topological polar surface area (TPSA) is 146 Å². The van der Waals surface area contributed by atoms with E-state index < -0.39 is 61.5 Å². The first-order valence-corrected chi connectivity index (χ1v) is 10.3. The summed E-state index contributed by atoms with van der Waals surface area (Å²) in [7, 11) is 0. The molecule has 0 unspecified atom stereocenters. The molecule has 0 aromatic heterocycles. The van der Waals surface area contributed by atoms with E-state index in [9.17, 15) is 30.3 Å². The minimum absolute atomic E-state index is 0.361. The molecule has 2 aliphatic heterocycles. The monoisotopic (exact) mass is 428 g/mol. The molecule has 0 aromatic carbocycles. The summed E-state index contributed by atoms with van der Waals surface area (Å²) >= 11 is 0. The van der Waals surface area contributed by atoms with Crippen LogP contribution < -0.4 is 0 Å². The molecule has 10 atom stereocenters. The fourth-order valence-corrected chi connectivity index (χ4v) is 4.37. The van der Waals surface area contributed by atoms with E-state index in [0.717, 1.165) is 5.57 Å². The Morgan fingerprint density at radius 3 is 2.50 bits per heavy atom. The van der Waals surface area contributed by atoms with Crippen LogP contribution in [0.2, 0.25) is 0 Å². The van der Waals surface area contributed by atoms with Gasteiger partial charge in [0.05, 0.1) is 24.7 Å². The maximum absolute atomic E-state index is 12.1. The zero-order chi connectivity index (χ0) is 22.2. The van der Waals surface area contributed by atoms with Crippen molar-refractivity contribution < 1.29 is 44.5 Å². The molecule has 3 aliphatic rings. The number of aliphatic hydroxyl groups excluding tert-OH is 5. The van der Waals surface area contributed by atoms with Crippen molar-refractivity contribution in [3.05, 3.63) is 23.3 Å². The summed E-state index contributed by atoms with van der Waals surface area (Å²) in [5.74, 6) is -1.19. The van der Waals surface area contributed by atoms with Crippen LogP contribution >= 0.6 is 0 Å². The summed E-state index contributed by atoms with van der Waals surface area (Å²) in [6.45, 7) is 4.87. The SMILES string of the molecule is C/C1=C\C[C@@H](O[C@H]2O[C@H](CO)[C@@H](O)[C@H](O)[C@H]2O)/C(C)=C/[C@H]2OC(=O)[C@@H](C)[C@@H]2[C@@H](O)C1. The number of aliphatic hydroxyl groups is 5. The molecule has 2 saturated heterocycles. The van der Waals surface area contributed by atoms with E-state index in [1.165, 1.54) is 0 Å². The Morgan fingerprint density at radius 2 is 1.83 bits per heavy atom. The summed E-state index contributed by atoms with van der Waals surface area (Å²) in [6.07, 6.45) is -4.28. The normalized spacial score (nSPS) is 48.7. The van der Waals surface area contributed by atoms with Crippen molar-refractivity contribution in [2.24, 2.45) is 11.8 Å². The summed E-state index contributed by atoms with van der Waals surface area (Å²) in [4.78, 5) is 12.1. The van der Waals surface area contributed by atoms with Crippen LogP contribution in [-0.4, -0.2) is 87.1 Å². The van der Waals surface area contributed by atoms with Crippen molar-refractivity contribution in [1.29, 1.82) is 0 Å². The van der Waals surface area contributed by atoms with Crippen LogP contribution in [0.25, 0.3) is 0 Å². The Morgan fingerprint density at radius 1 is 1.13 bits per heavy atom. The number of rotatable bonds is 3. The Bertz CT molecular complexity index is 688. The molecule has 170 valence electrons. The van der Waals surface area contributed by atoms with Crippen molar-refractivity contribution >= 4 is 5.97 Å². The zero-order valence-electron chi connectivity index (χ0n) is 17.4. The molecule has 0 saturated carbocycles. The minimum atomic E-state index is -1.53. The number of esters is 1. The highest BCUT2D eigenvalue weighted by molar-refractivity contribution is 5.75. The van der Waals surface area contributed by atoms with Gasteiger partial charge >= 0.3 is 5.97 Å². The van der Waals surface area contributed by atoms with E-state index in [1.54, 1.807) is 19.9 Å². The van der Waals surface area contributed by atoms with Crippen LogP contribution in [0.4, 0.5) is 0 Å². The van der Waals surface area contributed by atoms with Crippen LogP contribution in [-0.2, 0) is 19.0 Å². The molecule has 9 heteroatoms. The number of hydrogen-bond acceptors (Lipinski definition) is 9. The fraction of sp³-hybridized carbons (Fsp3) is 0.762. The minimum Gasteiger partial charge on any atom is -0.457 e. The third kappa shape index (κ3) is 4.62. The Kier molecular flexibility index (Phi) is 7.34. The number of carbonyl (C=O) groups is 1. The van der Waals surface area contributed by atoms with Crippen LogP contribution in [0, 0.1) is 11.8 Å². The quantitative estimate of drug-likeness (QED) is 0.294. The van der Waals surface area contributed by atoms with Crippen LogP contribution in [0.15, 0.2) is 23.3 Å². The Hall–Kier alpha value is -1.33. The Labute approximate surface area is 175 Å². The largest absolute Gasteiger partial charge is 0.457 e. The third-order valence-corrected chi connectivity index (χ3v) is 6.32. The van der Waals surface area contributed by atoms with Gasteiger partial charge in [-0.2, -0.15) is 0 Å². The summed E-state index contributed by atoms with van der Waals surface area (Å²) < 4.78 is 16.9. The van der Waals surface area contributed by atoms with Gasteiger partial charge < -0.3 is 39.7 Å². The molecule has 0 aromatic rings. The van der Waals surface area contributed by atoms with Gasteiger partial charge in [-0.1, -0.05) is 18.6 Å². The van der Waals surface area contributed by atoms with Crippen LogP contribution in [0.3, 0.4) is 0 Å². The molecule has 5 N–H and O–H groups in total. The molecule has 0 bridgehead atoms. The maximum atomic E-state index is 12.1. The van der Waals surface area contributed by atoms with Gasteiger partial charge in [-0.15, -0.1) is 0 Å². The highest BCUT2D eigenvalue weighted by atomic mass is 16.7. The van der Waals surface area contributed by atoms with E-state index in [0.29, 0.717) is 18.4 Å². The lowest BCUT2D eigenvalue weighted by Crippen LogP contribution is -2.59. The second-order valence-corrected chi connectivity index (χ2v) is 8.56. The van der Waals surface area contributed by atoms with E-state index >= 15 is 0 Å². The van der Waals surface area contributed by atoms with Crippen LogP contribution in [0.5, 0.6) is 0 Å². The van der Waals surface area contributed by atoms with Gasteiger partial charge in [0, 0.05) is 5.92 Å². The fourth-order valence-electron chi connectivity index (χ4n) is 4.37. The number of fused-ring (bicyclic) bond motifs is 1. The molecular formula is C21H32O9. The average molecular weight is 428 g/mol. The van der Waals surface area contributed by atoms with Crippen molar-refractivity contribution in [3.63, 3.8) is 0 Å². The lowest BCUT2D eigenvalue weighted by Gasteiger charge is -2.41. The second kappa shape index (κ2) is 9.44. The maximum Gasteiger partial charge on any atom is 0.309 e. The predicted octanol–water partition coefficient (Wildman–Crippen LogP) is -0.603. The second-order valence-electron chi connectivity index (χ2n) is 8.56. The smallest absolute Gasteiger partial charge is 0.309 e. The van der Waals surface area contributed by atoms with Gasteiger partial charge in [-0.3, -0.25) is 4.79 Å². The van der Waals surface area contributed by atoms with Gasteiger partial charge in [0.2, 0.25) is 0 Å². The highest BCUT2D eigenvalue weighted by Crippen LogP contribution is 2.36. The van der Waals surface area contributed by atoms with Crippen molar-refractivity contribution in [1.82, 2.24) is 0 Å². The zero-order valence-corrected chi connectivity index (χ0v) is 17.4. The third-order valence-electron chi connectivity index (χ3n) is 6.32. The van der Waals surface area contributed by atoms with Crippen molar-refractivity contribution in [3.8, 4) is 0 Å². The van der Waals surface area contributed by atoms with Crippen LogP contribution in [0.1, 0.15) is 33.6 Å². The van der Waals surface area contributed by atoms with Gasteiger partial charge in [0.1, 0.15) is 30.5 Å². The molecule has 3 rings (SSSR count). The molecular weight excluding hydrogens is 396 g/mol. The number of hydrogen-bond donors (Lipinski definition) is 5. The van der Waals surface area contributed by atoms with E-state index in [1.807, 2.05) is 13.0 Å². The van der Waals surface area contributed by atoms with Gasteiger partial charge in [0.25, 0.3) is 0 Å². The molecule has 0 amide bonds. The average Bonchev–Trinajstić information content (AvgIpc) is 2.97. The lowest BCUT2D eigenvalue weighted by atomic mass is 9.82. The van der Waals surface area contributed by atoms with Gasteiger partial charge in [-0.05, 0) is 38.3 Å². The van der Waals surface area contributed by atoms with E-state index in [4.69, 9.17) is 14.2 Å². The first-order chi connectivity index (χ1) is 14.1.